The van der Waals surface area contributed by atoms with Gasteiger partial charge in [0.2, 0.25) is 7.01 Å². The Morgan fingerprint density at radius 2 is 1.80 bits per heavy atom. The van der Waals surface area contributed by atoms with Crippen LogP contribution in [0.3, 0.4) is 0 Å². The van der Waals surface area contributed by atoms with Gasteiger partial charge in [0, 0.05) is 24.3 Å². The number of carboxylic acids is 1. The third-order valence-corrected chi connectivity index (χ3v) is 9.17. The van der Waals surface area contributed by atoms with Crippen LogP contribution in [-0.2, 0) is 29.5 Å². The molecule has 12 nitrogen and oxygen atoms in total. The third-order valence-electron chi connectivity index (χ3n) is 6.82. The molecule has 0 saturated heterocycles. The Morgan fingerprint density at radius 3 is 2.43 bits per heavy atom. The number of rotatable bonds is 11. The summed E-state index contributed by atoms with van der Waals surface area (Å²) >= 11 is 1.35. The Kier molecular flexibility index (Phi) is 10.3. The van der Waals surface area contributed by atoms with E-state index in [-0.39, 0.29) is 23.6 Å². The summed E-state index contributed by atoms with van der Waals surface area (Å²) in [6.07, 6.45) is 0.974. The number of hydrogen-bond donors (Lipinski definition) is 4. The number of hydrogen-bond acceptors (Lipinski definition) is 9. The van der Waals surface area contributed by atoms with Gasteiger partial charge in [-0.25, -0.2) is 23.0 Å². The SMILES string of the molecule is [B]N(C)Cc1cc(NC(=O)OCCc2c(C)cc(C(Nc3ccc4nc[nH]c(=O)c4c3)C(=O)O)cc2C)ccc1S(=O)(=O)I. The molecule has 4 rings (SSSR count). The lowest BCUT2D eigenvalue weighted by molar-refractivity contribution is -0.138. The van der Waals surface area contributed by atoms with E-state index < -0.39 is 25.1 Å². The maximum atomic E-state index is 12.5. The molecule has 1 aromatic heterocycles. The number of benzene rings is 3. The van der Waals surface area contributed by atoms with E-state index in [0.29, 0.717) is 39.8 Å². The monoisotopic (exact) mass is 729 g/mol. The number of nitrogens with one attached hydrogen (secondary N) is 3. The second kappa shape index (κ2) is 13.8. The van der Waals surface area contributed by atoms with Crippen molar-refractivity contribution in [3.63, 3.8) is 0 Å². The van der Waals surface area contributed by atoms with Crippen LogP contribution in [0, 0.1) is 13.8 Å². The highest BCUT2D eigenvalue weighted by Crippen LogP contribution is 2.28. The smallest absolute Gasteiger partial charge is 0.411 e. The standard InChI is InChI=1S/C29H29BIN5O7S/c1-16-10-18(26(28(38)39)34-21-4-6-24-23(13-21)27(37)33-15-32-24)11-17(2)22(16)8-9-43-29(40)35-20-5-7-25(44(31,41)42)19(12-20)14-36(3)30/h4-7,10-13,15,26,34H,8-9,14H2,1-3H3,(H,35,40)(H,38,39)(H,32,33,37). The van der Waals surface area contributed by atoms with Crippen LogP contribution >= 0.6 is 21.2 Å². The van der Waals surface area contributed by atoms with E-state index in [0.717, 1.165) is 16.7 Å². The van der Waals surface area contributed by atoms with Crippen LogP contribution < -0.4 is 16.2 Å². The lowest BCUT2D eigenvalue weighted by atomic mass is 9.94. The van der Waals surface area contributed by atoms with Gasteiger partial charge in [-0.2, -0.15) is 0 Å². The first-order valence-corrected chi connectivity index (χ1v) is 17.3. The van der Waals surface area contributed by atoms with E-state index in [1.165, 1.54) is 50.5 Å². The fourth-order valence-electron chi connectivity index (χ4n) is 4.89. The number of anilines is 2. The van der Waals surface area contributed by atoms with Gasteiger partial charge >= 0.3 is 12.1 Å². The molecule has 0 saturated carbocycles. The first-order chi connectivity index (χ1) is 20.7. The summed E-state index contributed by atoms with van der Waals surface area (Å²) < 4.78 is 29.6. The average Bonchev–Trinajstić information content (AvgIpc) is 2.92. The predicted octanol–water partition coefficient (Wildman–Crippen LogP) is 4.21. The number of carbonyl (C=O) groups excluding carboxylic acids is 1. The van der Waals surface area contributed by atoms with Crippen LogP contribution in [0.1, 0.15) is 33.9 Å². The van der Waals surface area contributed by atoms with Crippen LogP contribution in [0.25, 0.3) is 10.9 Å². The largest absolute Gasteiger partial charge is 0.479 e. The van der Waals surface area contributed by atoms with Gasteiger partial charge in [0.25, 0.3) is 5.56 Å². The number of H-pyrrole nitrogens is 1. The van der Waals surface area contributed by atoms with E-state index in [2.05, 4.69) is 20.6 Å². The molecular weight excluding hydrogens is 700 g/mol. The zero-order valence-corrected chi connectivity index (χ0v) is 27.0. The summed E-state index contributed by atoms with van der Waals surface area (Å²) in [5.41, 5.74) is 4.46. The van der Waals surface area contributed by atoms with E-state index in [9.17, 15) is 27.9 Å². The number of aromatic nitrogens is 2. The van der Waals surface area contributed by atoms with E-state index in [1.807, 2.05) is 13.8 Å². The molecule has 44 heavy (non-hydrogen) atoms. The Bertz CT molecular complexity index is 1880. The van der Waals surface area contributed by atoms with Gasteiger partial charge < -0.3 is 25.0 Å². The molecule has 2 radical (unpaired) electrons. The van der Waals surface area contributed by atoms with Gasteiger partial charge in [-0.05, 0) is 85.1 Å². The van der Waals surface area contributed by atoms with Crippen molar-refractivity contribution >= 4 is 70.5 Å². The number of ether oxygens (including phenoxy) is 1. The van der Waals surface area contributed by atoms with Crippen LogP contribution in [-0.4, -0.2) is 62.0 Å². The molecule has 0 fully saturated rings. The maximum Gasteiger partial charge on any atom is 0.411 e. The van der Waals surface area contributed by atoms with Crippen molar-refractivity contribution in [2.45, 2.75) is 37.8 Å². The first-order valence-electron chi connectivity index (χ1n) is 13.3. The van der Waals surface area contributed by atoms with Crippen molar-refractivity contribution in [1.29, 1.82) is 0 Å². The molecule has 4 aromatic rings. The highest BCUT2D eigenvalue weighted by molar-refractivity contribution is 14.2. The van der Waals surface area contributed by atoms with Crippen LogP contribution in [0.5, 0.6) is 0 Å². The first kappa shape index (κ1) is 32.9. The van der Waals surface area contributed by atoms with E-state index in [4.69, 9.17) is 12.7 Å². The quantitative estimate of drug-likeness (QED) is 0.0997. The molecule has 1 heterocycles. The minimum absolute atomic E-state index is 0.0474. The molecule has 0 aliphatic heterocycles. The summed E-state index contributed by atoms with van der Waals surface area (Å²) in [6, 6.07) is 11.7. The number of aromatic amines is 1. The zero-order chi connectivity index (χ0) is 32.2. The normalized spacial score (nSPS) is 12.2. The molecule has 0 spiro atoms. The number of carbonyl (C=O) groups is 2. The van der Waals surface area contributed by atoms with E-state index in [1.54, 1.807) is 37.4 Å². The number of aliphatic carboxylic acids is 1. The molecule has 3 aromatic carbocycles. The van der Waals surface area contributed by atoms with Crippen LogP contribution in [0.15, 0.2) is 64.5 Å². The fraction of sp³-hybridized carbons (Fsp3) is 0.241. The Hall–Kier alpha value is -3.96. The second-order valence-corrected chi connectivity index (χ2v) is 15.0. The highest BCUT2D eigenvalue weighted by Gasteiger charge is 2.22. The lowest BCUT2D eigenvalue weighted by Gasteiger charge is -2.20. The predicted molar refractivity (Wildman–Crippen MR) is 176 cm³/mol. The number of fused-ring (bicyclic) bond motifs is 1. The van der Waals surface area contributed by atoms with Gasteiger partial charge in [-0.15, -0.1) is 0 Å². The summed E-state index contributed by atoms with van der Waals surface area (Å²) in [5, 5.41) is 15.9. The fourth-order valence-corrected chi connectivity index (χ4v) is 6.84. The molecule has 1 amide bonds. The van der Waals surface area contributed by atoms with Crippen molar-refractivity contribution in [2.24, 2.45) is 0 Å². The number of aryl methyl sites for hydroxylation is 2. The van der Waals surface area contributed by atoms with Crippen LogP contribution in [0.4, 0.5) is 16.2 Å². The molecule has 15 heteroatoms. The Balaban J connectivity index is 1.43. The van der Waals surface area contributed by atoms with Crippen molar-refractivity contribution in [3.8, 4) is 0 Å². The summed E-state index contributed by atoms with van der Waals surface area (Å²) in [4.78, 5) is 44.9. The minimum Gasteiger partial charge on any atom is -0.479 e. The van der Waals surface area contributed by atoms with Gasteiger partial charge in [0.05, 0.1) is 49.9 Å². The Morgan fingerprint density at radius 1 is 1.11 bits per heavy atom. The summed E-state index contributed by atoms with van der Waals surface area (Å²) in [7, 11) is 3.78. The number of halogens is 1. The van der Waals surface area contributed by atoms with E-state index >= 15 is 0 Å². The molecule has 4 N–H and O–H groups in total. The maximum absolute atomic E-state index is 12.5. The average molecular weight is 729 g/mol. The van der Waals surface area contributed by atoms with Crippen molar-refractivity contribution < 1.29 is 27.9 Å². The zero-order valence-electron chi connectivity index (χ0n) is 24.0. The summed E-state index contributed by atoms with van der Waals surface area (Å²) in [5.74, 6) is -1.10. The van der Waals surface area contributed by atoms with Gasteiger partial charge in [0.15, 0.2) is 14.0 Å². The number of nitrogens with zero attached hydrogens (tertiary/aromatic N) is 2. The lowest BCUT2D eigenvalue weighted by Crippen LogP contribution is -2.21. The van der Waals surface area contributed by atoms with Gasteiger partial charge in [0.1, 0.15) is 0 Å². The molecule has 1 unspecified atom stereocenters. The van der Waals surface area contributed by atoms with Gasteiger partial charge in [-0.3, -0.25) is 10.1 Å². The molecule has 0 aliphatic rings. The minimum atomic E-state index is -3.52. The topological polar surface area (TPSA) is 171 Å². The highest BCUT2D eigenvalue weighted by atomic mass is 127. The molecular formula is C29H29BIN5O7S. The molecule has 1 atom stereocenters. The molecule has 0 bridgehead atoms. The van der Waals surface area contributed by atoms with Crippen molar-refractivity contribution in [2.75, 3.05) is 24.3 Å². The van der Waals surface area contributed by atoms with Gasteiger partial charge in [-0.1, -0.05) is 12.1 Å². The van der Waals surface area contributed by atoms with Crippen molar-refractivity contribution in [1.82, 2.24) is 14.8 Å². The van der Waals surface area contributed by atoms with Crippen molar-refractivity contribution in [3.05, 3.63) is 93.0 Å². The summed E-state index contributed by atoms with van der Waals surface area (Å²) in [6.45, 7) is 3.90. The molecule has 0 aliphatic carbocycles. The Labute approximate surface area is 267 Å². The van der Waals surface area contributed by atoms with Crippen LogP contribution in [0.2, 0.25) is 0 Å². The number of carboxylic acid groups (broad SMARTS) is 1. The second-order valence-electron chi connectivity index (χ2n) is 10.2. The molecule has 228 valence electrons. The third kappa shape index (κ3) is 8.15. The number of amides is 1.